The molecule has 14 heavy (non-hydrogen) atoms. The number of nitrogens with one attached hydrogen (secondary N) is 1. The van der Waals surface area contributed by atoms with Crippen LogP contribution in [0.2, 0.25) is 0 Å². The predicted molar refractivity (Wildman–Crippen MR) is 60.7 cm³/mol. The number of fused-ring (bicyclic) bond motifs is 1. The number of aryl methyl sites for hydroxylation is 1. The van der Waals surface area contributed by atoms with Crippen LogP contribution in [0.4, 0.5) is 0 Å². The zero-order valence-electron chi connectivity index (χ0n) is 8.46. The van der Waals surface area contributed by atoms with Crippen molar-refractivity contribution in [3.05, 3.63) is 21.9 Å². The first kappa shape index (κ1) is 8.93. The van der Waals surface area contributed by atoms with E-state index in [2.05, 4.69) is 16.8 Å². The molecular weight excluding hydrogens is 190 g/mol. The van der Waals surface area contributed by atoms with Crippen molar-refractivity contribution in [2.24, 2.45) is 5.92 Å². The van der Waals surface area contributed by atoms with Gasteiger partial charge in [0.15, 0.2) is 0 Å². The molecule has 0 spiro atoms. The molecule has 1 unspecified atom stereocenters. The fourth-order valence-corrected chi connectivity index (χ4v) is 3.56. The molecule has 1 heterocycles. The summed E-state index contributed by atoms with van der Waals surface area (Å²) in [6, 6.07) is 2.98. The zero-order chi connectivity index (χ0) is 9.38. The molecule has 3 rings (SSSR count). The van der Waals surface area contributed by atoms with Gasteiger partial charge in [0.1, 0.15) is 0 Å². The summed E-state index contributed by atoms with van der Waals surface area (Å²) in [6.45, 7) is 1.25. The van der Waals surface area contributed by atoms with Gasteiger partial charge < -0.3 is 5.32 Å². The minimum Gasteiger partial charge on any atom is -0.309 e. The molecule has 2 aliphatic rings. The molecule has 0 radical (unpaired) electrons. The van der Waals surface area contributed by atoms with E-state index in [1.807, 2.05) is 11.3 Å². The number of hydrogen-bond donors (Lipinski definition) is 1. The van der Waals surface area contributed by atoms with Crippen molar-refractivity contribution in [3.8, 4) is 0 Å². The lowest BCUT2D eigenvalue weighted by Crippen LogP contribution is -2.29. The fraction of sp³-hybridized carbons (Fsp3) is 0.667. The van der Waals surface area contributed by atoms with E-state index in [0.29, 0.717) is 6.04 Å². The first-order valence-corrected chi connectivity index (χ1v) is 6.61. The monoisotopic (exact) mass is 207 g/mol. The summed E-state index contributed by atoms with van der Waals surface area (Å²) in [5.41, 5.74) is 1.60. The van der Waals surface area contributed by atoms with Gasteiger partial charge in [0.25, 0.3) is 0 Å². The standard InChI is InChI=1S/C12H17NS/c1-2-9(3-1)8-13-11-5-4-10-6-7-14-12(10)11/h6-7,9,11,13H,1-5,8H2. The first-order valence-electron chi connectivity index (χ1n) is 5.73. The highest BCUT2D eigenvalue weighted by molar-refractivity contribution is 7.10. The highest BCUT2D eigenvalue weighted by Crippen LogP contribution is 2.36. The lowest BCUT2D eigenvalue weighted by Gasteiger charge is -2.27. The third-order valence-corrected chi connectivity index (χ3v) is 4.75. The van der Waals surface area contributed by atoms with E-state index in [1.165, 1.54) is 38.6 Å². The molecule has 1 fully saturated rings. The molecule has 1 N–H and O–H groups in total. The Labute approximate surface area is 89.5 Å². The number of thiophene rings is 1. The Morgan fingerprint density at radius 3 is 3.07 bits per heavy atom. The first-order chi connectivity index (χ1) is 6.93. The van der Waals surface area contributed by atoms with Crippen LogP contribution in [0.3, 0.4) is 0 Å². The second-order valence-corrected chi connectivity index (χ2v) is 5.55. The average molecular weight is 207 g/mol. The van der Waals surface area contributed by atoms with Gasteiger partial charge in [-0.2, -0.15) is 0 Å². The van der Waals surface area contributed by atoms with Crippen LogP contribution < -0.4 is 5.32 Å². The van der Waals surface area contributed by atoms with Crippen LogP contribution in [0.25, 0.3) is 0 Å². The van der Waals surface area contributed by atoms with Gasteiger partial charge in [-0.1, -0.05) is 6.42 Å². The quantitative estimate of drug-likeness (QED) is 0.803. The summed E-state index contributed by atoms with van der Waals surface area (Å²) in [4.78, 5) is 1.62. The van der Waals surface area contributed by atoms with Gasteiger partial charge in [0, 0.05) is 10.9 Å². The van der Waals surface area contributed by atoms with Crippen molar-refractivity contribution in [2.75, 3.05) is 6.54 Å². The molecular formula is C12H17NS. The molecule has 0 bridgehead atoms. The molecule has 0 amide bonds. The van der Waals surface area contributed by atoms with E-state index in [0.717, 1.165) is 5.92 Å². The lowest BCUT2D eigenvalue weighted by atomic mass is 9.85. The Balaban J connectivity index is 1.59. The smallest absolute Gasteiger partial charge is 0.0420 e. The van der Waals surface area contributed by atoms with Crippen LogP contribution in [0.1, 0.15) is 42.2 Å². The lowest BCUT2D eigenvalue weighted by molar-refractivity contribution is 0.289. The molecule has 2 heteroatoms. The second kappa shape index (κ2) is 3.67. The highest BCUT2D eigenvalue weighted by atomic mass is 32.1. The molecule has 1 aromatic rings. The van der Waals surface area contributed by atoms with Crippen LogP contribution in [-0.2, 0) is 6.42 Å². The molecule has 1 saturated carbocycles. The van der Waals surface area contributed by atoms with E-state index in [1.54, 1.807) is 10.4 Å². The Bertz CT molecular complexity index is 314. The fourth-order valence-electron chi connectivity index (χ4n) is 2.49. The summed E-state index contributed by atoms with van der Waals surface area (Å²) in [5.74, 6) is 0.985. The van der Waals surface area contributed by atoms with Crippen molar-refractivity contribution in [1.29, 1.82) is 0 Å². The summed E-state index contributed by atoms with van der Waals surface area (Å²) < 4.78 is 0. The van der Waals surface area contributed by atoms with E-state index >= 15 is 0 Å². The topological polar surface area (TPSA) is 12.0 Å². The van der Waals surface area contributed by atoms with Crippen LogP contribution in [0, 0.1) is 5.92 Å². The normalized spacial score (nSPS) is 26.1. The summed E-state index contributed by atoms with van der Waals surface area (Å²) >= 11 is 1.93. The van der Waals surface area contributed by atoms with Crippen molar-refractivity contribution < 1.29 is 0 Å². The van der Waals surface area contributed by atoms with Gasteiger partial charge in [0.2, 0.25) is 0 Å². The summed E-state index contributed by atoms with van der Waals surface area (Å²) in [5, 5.41) is 5.97. The Hall–Kier alpha value is -0.340. The summed E-state index contributed by atoms with van der Waals surface area (Å²) in [7, 11) is 0. The van der Waals surface area contributed by atoms with E-state index in [9.17, 15) is 0 Å². The Morgan fingerprint density at radius 1 is 1.36 bits per heavy atom. The van der Waals surface area contributed by atoms with Crippen LogP contribution in [0.15, 0.2) is 11.4 Å². The number of hydrogen-bond acceptors (Lipinski definition) is 2. The van der Waals surface area contributed by atoms with Crippen LogP contribution in [-0.4, -0.2) is 6.54 Å². The largest absolute Gasteiger partial charge is 0.309 e. The van der Waals surface area contributed by atoms with Crippen LogP contribution >= 0.6 is 11.3 Å². The highest BCUT2D eigenvalue weighted by Gasteiger charge is 2.25. The van der Waals surface area contributed by atoms with Gasteiger partial charge >= 0.3 is 0 Å². The maximum atomic E-state index is 3.74. The van der Waals surface area contributed by atoms with Gasteiger partial charge in [-0.25, -0.2) is 0 Å². The minimum absolute atomic E-state index is 0.686. The average Bonchev–Trinajstić information content (AvgIpc) is 2.65. The van der Waals surface area contributed by atoms with E-state index < -0.39 is 0 Å². The molecule has 1 aromatic heterocycles. The van der Waals surface area contributed by atoms with E-state index in [-0.39, 0.29) is 0 Å². The second-order valence-electron chi connectivity index (χ2n) is 4.61. The van der Waals surface area contributed by atoms with Gasteiger partial charge in [-0.15, -0.1) is 11.3 Å². The molecule has 0 saturated heterocycles. The van der Waals surface area contributed by atoms with Gasteiger partial charge in [-0.3, -0.25) is 0 Å². The Kier molecular flexibility index (Phi) is 2.34. The molecule has 1 atom stereocenters. The predicted octanol–water partition coefficient (Wildman–Crippen LogP) is 3.13. The van der Waals surface area contributed by atoms with Gasteiger partial charge in [0.05, 0.1) is 0 Å². The maximum Gasteiger partial charge on any atom is 0.0420 e. The minimum atomic E-state index is 0.686. The molecule has 2 aliphatic carbocycles. The Morgan fingerprint density at radius 2 is 2.29 bits per heavy atom. The van der Waals surface area contributed by atoms with Crippen LogP contribution in [0.5, 0.6) is 0 Å². The third kappa shape index (κ3) is 1.51. The summed E-state index contributed by atoms with van der Waals surface area (Å²) in [6.07, 6.45) is 6.99. The maximum absolute atomic E-state index is 3.74. The van der Waals surface area contributed by atoms with Crippen molar-refractivity contribution in [2.45, 2.75) is 38.1 Å². The SMILES string of the molecule is c1cc2c(s1)C(NCC1CCC1)CC2. The number of rotatable bonds is 3. The van der Waals surface area contributed by atoms with Crippen molar-refractivity contribution in [3.63, 3.8) is 0 Å². The molecule has 0 aliphatic heterocycles. The molecule has 1 nitrogen and oxygen atoms in total. The third-order valence-electron chi connectivity index (χ3n) is 3.68. The molecule has 76 valence electrons. The van der Waals surface area contributed by atoms with Crippen molar-refractivity contribution >= 4 is 11.3 Å². The van der Waals surface area contributed by atoms with Gasteiger partial charge in [-0.05, 0) is 55.2 Å². The van der Waals surface area contributed by atoms with E-state index in [4.69, 9.17) is 0 Å². The van der Waals surface area contributed by atoms with Crippen molar-refractivity contribution in [1.82, 2.24) is 5.32 Å². The zero-order valence-corrected chi connectivity index (χ0v) is 9.28. The molecule has 0 aromatic carbocycles.